The highest BCUT2D eigenvalue weighted by Crippen LogP contribution is 2.51. The Bertz CT molecular complexity index is 1290. The predicted octanol–water partition coefficient (Wildman–Crippen LogP) is 4.66. The lowest BCUT2D eigenvalue weighted by Gasteiger charge is -2.17. The van der Waals surface area contributed by atoms with E-state index >= 15 is 0 Å². The number of aryl methyl sites for hydroxylation is 1. The van der Waals surface area contributed by atoms with Gasteiger partial charge in [-0.2, -0.15) is 0 Å². The van der Waals surface area contributed by atoms with E-state index in [9.17, 15) is 9.59 Å². The molecule has 0 unspecified atom stereocenters. The number of anilines is 1. The van der Waals surface area contributed by atoms with Gasteiger partial charge in [-0.05, 0) is 85.3 Å². The van der Waals surface area contributed by atoms with Crippen molar-refractivity contribution >= 4 is 17.5 Å². The van der Waals surface area contributed by atoms with Gasteiger partial charge < -0.3 is 25.2 Å². The summed E-state index contributed by atoms with van der Waals surface area (Å²) in [6, 6.07) is 18.6. The number of hydrogen-bond donors (Lipinski definition) is 3. The van der Waals surface area contributed by atoms with Crippen molar-refractivity contribution in [3.8, 4) is 22.6 Å². The molecule has 35 heavy (non-hydrogen) atoms. The van der Waals surface area contributed by atoms with Crippen molar-refractivity contribution in [2.75, 3.05) is 18.7 Å². The lowest BCUT2D eigenvalue weighted by molar-refractivity contribution is -0.118. The van der Waals surface area contributed by atoms with Crippen molar-refractivity contribution in [1.29, 1.82) is 0 Å². The zero-order valence-corrected chi connectivity index (χ0v) is 19.8. The maximum Gasteiger partial charge on any atom is 0.251 e. The number of benzene rings is 3. The van der Waals surface area contributed by atoms with Gasteiger partial charge in [0.25, 0.3) is 5.91 Å². The molecule has 3 aromatic rings. The molecule has 7 nitrogen and oxygen atoms in total. The highest BCUT2D eigenvalue weighted by Gasteiger charge is 2.51. The van der Waals surface area contributed by atoms with Crippen LogP contribution in [0.2, 0.25) is 0 Å². The molecule has 0 aromatic heterocycles. The number of aliphatic hydroxyl groups excluding tert-OH is 1. The van der Waals surface area contributed by atoms with Crippen LogP contribution in [0.4, 0.5) is 5.69 Å². The number of carbonyl (C=O) groups is 2. The SMILES string of the molecule is Cc1ccc(NC(=O)C2(c3ccc4c(c3)OCO4)CC2)cc1-c1ccc(C(=O)N[C@@H](C)CO)cc1.[HH].[HH]. The average Bonchev–Trinajstić information content (AvgIpc) is 3.56. The molecular formula is C28H32N2O5. The van der Waals surface area contributed by atoms with E-state index in [4.69, 9.17) is 14.6 Å². The van der Waals surface area contributed by atoms with Gasteiger partial charge in [-0.15, -0.1) is 0 Å². The number of rotatable bonds is 7. The first kappa shape index (κ1) is 22.9. The maximum atomic E-state index is 13.3. The maximum absolute atomic E-state index is 13.3. The summed E-state index contributed by atoms with van der Waals surface area (Å²) >= 11 is 0. The quantitative estimate of drug-likeness (QED) is 0.461. The van der Waals surface area contributed by atoms with Crippen LogP contribution in [0.15, 0.2) is 60.7 Å². The van der Waals surface area contributed by atoms with Gasteiger partial charge in [0.1, 0.15) is 0 Å². The van der Waals surface area contributed by atoms with Crippen LogP contribution in [0.1, 0.15) is 44.1 Å². The second-order valence-corrected chi connectivity index (χ2v) is 9.27. The van der Waals surface area contributed by atoms with Gasteiger partial charge in [-0.3, -0.25) is 9.59 Å². The molecule has 3 N–H and O–H groups in total. The Balaban J connectivity index is 0.00000190. The van der Waals surface area contributed by atoms with E-state index in [1.165, 1.54) is 0 Å². The number of nitrogens with one attached hydrogen (secondary N) is 2. The highest BCUT2D eigenvalue weighted by atomic mass is 16.7. The molecule has 1 aliphatic carbocycles. The van der Waals surface area contributed by atoms with Crippen LogP contribution in [0, 0.1) is 6.92 Å². The molecule has 3 aromatic carbocycles. The lowest BCUT2D eigenvalue weighted by Crippen LogP contribution is -2.34. The van der Waals surface area contributed by atoms with Gasteiger partial charge in [-0.1, -0.05) is 24.3 Å². The fourth-order valence-electron chi connectivity index (χ4n) is 4.38. The summed E-state index contributed by atoms with van der Waals surface area (Å²) in [6.45, 7) is 3.85. The molecule has 1 atom stereocenters. The molecule has 5 rings (SSSR count). The summed E-state index contributed by atoms with van der Waals surface area (Å²) in [4.78, 5) is 25.6. The van der Waals surface area contributed by atoms with Crippen LogP contribution in [-0.4, -0.2) is 36.4 Å². The van der Waals surface area contributed by atoms with Crippen LogP contribution < -0.4 is 20.1 Å². The van der Waals surface area contributed by atoms with E-state index < -0.39 is 5.41 Å². The van der Waals surface area contributed by atoms with Gasteiger partial charge in [0.2, 0.25) is 12.7 Å². The summed E-state index contributed by atoms with van der Waals surface area (Å²) in [5, 5.41) is 15.0. The first-order valence-electron chi connectivity index (χ1n) is 11.7. The Morgan fingerprint density at radius 2 is 1.77 bits per heavy atom. The second kappa shape index (κ2) is 9.07. The zero-order chi connectivity index (χ0) is 24.6. The summed E-state index contributed by atoms with van der Waals surface area (Å²) < 4.78 is 10.9. The Morgan fingerprint density at radius 1 is 1.03 bits per heavy atom. The number of amides is 2. The first-order chi connectivity index (χ1) is 16.9. The van der Waals surface area contributed by atoms with Gasteiger partial charge in [0, 0.05) is 20.1 Å². The molecule has 0 bridgehead atoms. The smallest absolute Gasteiger partial charge is 0.251 e. The van der Waals surface area contributed by atoms with Crippen LogP contribution in [0.5, 0.6) is 11.5 Å². The van der Waals surface area contributed by atoms with Crippen molar-refractivity contribution in [2.45, 2.75) is 38.1 Å². The molecule has 2 aliphatic rings. The Labute approximate surface area is 207 Å². The van der Waals surface area contributed by atoms with E-state index in [0.29, 0.717) is 17.1 Å². The number of carbonyl (C=O) groups excluding carboxylic acids is 2. The lowest BCUT2D eigenvalue weighted by atomic mass is 9.94. The predicted molar refractivity (Wildman–Crippen MR) is 137 cm³/mol. The van der Waals surface area contributed by atoms with E-state index in [1.807, 2.05) is 55.5 Å². The zero-order valence-electron chi connectivity index (χ0n) is 19.8. The average molecular weight is 477 g/mol. The molecule has 1 saturated carbocycles. The molecule has 0 saturated heterocycles. The molecule has 0 spiro atoms. The summed E-state index contributed by atoms with van der Waals surface area (Å²) in [7, 11) is 0. The Morgan fingerprint density at radius 3 is 2.49 bits per heavy atom. The fourth-order valence-corrected chi connectivity index (χ4v) is 4.38. The van der Waals surface area contributed by atoms with Crippen LogP contribution in [0.3, 0.4) is 0 Å². The van der Waals surface area contributed by atoms with Crippen molar-refractivity contribution in [1.82, 2.24) is 5.32 Å². The van der Waals surface area contributed by atoms with Gasteiger partial charge in [-0.25, -0.2) is 0 Å². The van der Waals surface area contributed by atoms with Crippen LogP contribution in [0.25, 0.3) is 11.1 Å². The number of aliphatic hydroxyl groups is 1. The van der Waals surface area contributed by atoms with Crippen LogP contribution >= 0.6 is 0 Å². The Hall–Kier alpha value is -3.84. The molecule has 184 valence electrons. The minimum Gasteiger partial charge on any atom is -0.454 e. The largest absolute Gasteiger partial charge is 0.454 e. The molecule has 1 fully saturated rings. The van der Waals surface area contributed by atoms with E-state index in [0.717, 1.165) is 40.8 Å². The van der Waals surface area contributed by atoms with Crippen LogP contribution in [-0.2, 0) is 10.2 Å². The molecule has 0 radical (unpaired) electrons. The fraction of sp³-hybridized carbons (Fsp3) is 0.286. The molecular weight excluding hydrogens is 444 g/mol. The van der Waals surface area contributed by atoms with E-state index in [-0.39, 0.29) is 34.1 Å². The van der Waals surface area contributed by atoms with Crippen molar-refractivity contribution in [3.63, 3.8) is 0 Å². The first-order valence-corrected chi connectivity index (χ1v) is 11.7. The van der Waals surface area contributed by atoms with Gasteiger partial charge >= 0.3 is 0 Å². The molecule has 1 heterocycles. The normalized spacial score (nSPS) is 15.9. The molecule has 2 amide bonds. The topological polar surface area (TPSA) is 96.9 Å². The van der Waals surface area contributed by atoms with Crippen molar-refractivity contribution in [2.24, 2.45) is 0 Å². The Kier molecular flexibility index (Phi) is 5.94. The van der Waals surface area contributed by atoms with E-state index in [1.54, 1.807) is 19.1 Å². The monoisotopic (exact) mass is 476 g/mol. The van der Waals surface area contributed by atoms with Gasteiger partial charge in [0.15, 0.2) is 11.5 Å². The van der Waals surface area contributed by atoms with Crippen molar-refractivity contribution in [3.05, 3.63) is 77.4 Å². The molecule has 7 heteroatoms. The minimum absolute atomic E-state index is 0. The standard InChI is InChI=1S/C28H28N2O5.2H2/c1-17-3-9-22(14-23(17)19-4-6-20(7-5-19)26(32)29-18(2)15-31)30-27(33)28(11-12-28)21-8-10-24-25(13-21)35-16-34-24;;/h3-10,13-14,18,31H,11-12,15-16H2,1-2H3,(H,29,32)(H,30,33);2*1H/t18-;;/m0../s1. The third kappa shape index (κ3) is 4.47. The van der Waals surface area contributed by atoms with E-state index in [2.05, 4.69) is 10.6 Å². The summed E-state index contributed by atoms with van der Waals surface area (Å²) in [5.74, 6) is 1.13. The van der Waals surface area contributed by atoms with Crippen molar-refractivity contribution < 1.29 is 27.0 Å². The highest BCUT2D eigenvalue weighted by molar-refractivity contribution is 6.02. The number of hydrogen-bond acceptors (Lipinski definition) is 5. The molecule has 1 aliphatic heterocycles. The second-order valence-electron chi connectivity index (χ2n) is 9.27. The van der Waals surface area contributed by atoms with Gasteiger partial charge in [0.05, 0.1) is 12.0 Å². The summed E-state index contributed by atoms with van der Waals surface area (Å²) in [5.41, 5.74) is 4.62. The summed E-state index contributed by atoms with van der Waals surface area (Å²) in [6.07, 6.45) is 1.57. The minimum atomic E-state index is -0.549. The third-order valence-corrected chi connectivity index (χ3v) is 6.71. The number of fused-ring (bicyclic) bond motifs is 1. The third-order valence-electron chi connectivity index (χ3n) is 6.71. The number of ether oxygens (including phenoxy) is 2.